The number of pyridine rings is 1. The van der Waals surface area contributed by atoms with E-state index < -0.39 is 17.8 Å². The van der Waals surface area contributed by atoms with Crippen LogP contribution in [0.4, 0.5) is 10.2 Å². The molecule has 3 fully saturated rings. The van der Waals surface area contributed by atoms with E-state index >= 15 is 0 Å². The molecule has 1 saturated carbocycles. The van der Waals surface area contributed by atoms with Crippen LogP contribution in [-0.2, 0) is 31.8 Å². The van der Waals surface area contributed by atoms with E-state index in [9.17, 15) is 14.3 Å². The van der Waals surface area contributed by atoms with E-state index in [4.69, 9.17) is 19.2 Å². The van der Waals surface area contributed by atoms with Gasteiger partial charge in [0.2, 0.25) is 0 Å². The Bertz CT molecular complexity index is 1160. The Morgan fingerprint density at radius 1 is 1.14 bits per heavy atom. The standard InChI is InChI=1S/C25H32FN3O3.C9H16O2/c1-29(23(25(30)31)18-6-4-8-19(26)14-18)21-15-22(16-21)32-13-3-2-9-20-11-10-17-7-5-12-27-24(17)28-20;1-2-9(8-11-5-1)3-6-10-7-4-9/h4,6,8,10-11,14,21-23H,2-3,5,7,9,12-13,15-16H2,1H3,(H,27,28)(H,30,31);1-8H2. The molecule has 2 aromatic rings. The topological polar surface area (TPSA) is 93.2 Å². The number of hydrogen-bond acceptors (Lipinski definition) is 7. The van der Waals surface area contributed by atoms with E-state index in [-0.39, 0.29) is 12.1 Å². The molecule has 0 radical (unpaired) electrons. The Balaban J connectivity index is 0.000000279. The number of ether oxygens (including phenoxy) is 3. The van der Waals surface area contributed by atoms with E-state index in [1.165, 1.54) is 49.8 Å². The lowest BCUT2D eigenvalue weighted by Crippen LogP contribution is -2.49. The molecular formula is C34H48FN3O5. The van der Waals surface area contributed by atoms with Crippen molar-refractivity contribution in [3.8, 4) is 0 Å². The predicted molar refractivity (Wildman–Crippen MR) is 164 cm³/mol. The molecule has 8 nitrogen and oxygen atoms in total. The molecule has 1 spiro atoms. The van der Waals surface area contributed by atoms with E-state index in [0.29, 0.717) is 17.6 Å². The number of hydrogen-bond donors (Lipinski definition) is 2. The quantitative estimate of drug-likeness (QED) is 0.332. The van der Waals surface area contributed by atoms with Gasteiger partial charge in [0, 0.05) is 44.7 Å². The second kappa shape index (κ2) is 15.4. The molecule has 1 atom stereocenters. The average molecular weight is 598 g/mol. The van der Waals surface area contributed by atoms with E-state index in [1.54, 1.807) is 19.2 Å². The number of carboxylic acids is 1. The first kappa shape index (κ1) is 31.8. The molecule has 0 bridgehead atoms. The lowest BCUT2D eigenvalue weighted by atomic mass is 9.76. The lowest BCUT2D eigenvalue weighted by molar-refractivity contribution is -0.146. The van der Waals surface area contributed by atoms with Gasteiger partial charge in [0.1, 0.15) is 17.7 Å². The minimum absolute atomic E-state index is 0.122. The van der Waals surface area contributed by atoms with Crippen molar-refractivity contribution >= 4 is 11.8 Å². The van der Waals surface area contributed by atoms with Crippen LogP contribution in [0.25, 0.3) is 0 Å². The van der Waals surface area contributed by atoms with Crippen LogP contribution >= 0.6 is 0 Å². The highest BCUT2D eigenvalue weighted by Crippen LogP contribution is 2.38. The number of nitrogens with one attached hydrogen (secondary N) is 1. The fourth-order valence-corrected chi connectivity index (χ4v) is 6.72. The van der Waals surface area contributed by atoms with Gasteiger partial charge in [0.15, 0.2) is 0 Å². The number of aryl methyl sites for hydroxylation is 2. The molecule has 2 N–H and O–H groups in total. The minimum atomic E-state index is -0.964. The Morgan fingerprint density at radius 2 is 1.98 bits per heavy atom. The van der Waals surface area contributed by atoms with E-state index in [1.807, 2.05) is 4.90 Å². The molecule has 1 unspecified atom stereocenters. The maximum Gasteiger partial charge on any atom is 0.325 e. The van der Waals surface area contributed by atoms with Crippen LogP contribution in [0.5, 0.6) is 0 Å². The number of likely N-dealkylation sites (N-methyl/N-ethyl adjacent to an activating group) is 1. The van der Waals surface area contributed by atoms with Crippen molar-refractivity contribution in [2.75, 3.05) is 51.9 Å². The summed E-state index contributed by atoms with van der Waals surface area (Å²) in [6.07, 6.45) is 12.0. The summed E-state index contributed by atoms with van der Waals surface area (Å²) in [7, 11) is 1.80. The van der Waals surface area contributed by atoms with Gasteiger partial charge in [-0.2, -0.15) is 0 Å². The van der Waals surface area contributed by atoms with Crippen LogP contribution < -0.4 is 5.32 Å². The summed E-state index contributed by atoms with van der Waals surface area (Å²) in [5.41, 5.74) is 3.42. The summed E-state index contributed by atoms with van der Waals surface area (Å²) in [5, 5.41) is 13.1. The van der Waals surface area contributed by atoms with E-state index in [2.05, 4.69) is 17.4 Å². The molecule has 1 aliphatic carbocycles. The number of carbonyl (C=O) groups is 1. The van der Waals surface area contributed by atoms with Gasteiger partial charge in [-0.05, 0) is 112 Å². The van der Waals surface area contributed by atoms with Crippen LogP contribution in [0, 0.1) is 11.2 Å². The Labute approximate surface area is 255 Å². The van der Waals surface area contributed by atoms with E-state index in [0.717, 1.165) is 83.0 Å². The number of nitrogens with zero attached hydrogens (tertiary/aromatic N) is 2. The van der Waals surface area contributed by atoms with Crippen molar-refractivity contribution in [1.29, 1.82) is 0 Å². The number of anilines is 1. The monoisotopic (exact) mass is 597 g/mol. The number of fused-ring (bicyclic) bond motifs is 1. The predicted octanol–water partition coefficient (Wildman–Crippen LogP) is 5.80. The number of carboxylic acid groups (broad SMARTS) is 1. The molecule has 1 aromatic heterocycles. The number of rotatable bonds is 10. The summed E-state index contributed by atoms with van der Waals surface area (Å²) in [5.74, 6) is -0.334. The molecule has 3 aliphatic heterocycles. The number of aromatic nitrogens is 1. The van der Waals surface area contributed by atoms with Crippen molar-refractivity contribution in [1.82, 2.24) is 9.88 Å². The zero-order chi connectivity index (χ0) is 30.1. The van der Waals surface area contributed by atoms with Gasteiger partial charge in [-0.3, -0.25) is 9.69 Å². The van der Waals surface area contributed by atoms with Crippen molar-refractivity contribution in [2.24, 2.45) is 5.41 Å². The first-order valence-electron chi connectivity index (χ1n) is 16.1. The Morgan fingerprint density at radius 3 is 2.72 bits per heavy atom. The molecule has 43 heavy (non-hydrogen) atoms. The van der Waals surface area contributed by atoms with Crippen molar-refractivity contribution in [2.45, 2.75) is 88.8 Å². The van der Waals surface area contributed by atoms with Crippen molar-refractivity contribution < 1.29 is 28.5 Å². The third-order valence-electron chi connectivity index (χ3n) is 9.54. The normalized spacial score (nSPS) is 23.3. The van der Waals surface area contributed by atoms with Crippen molar-refractivity contribution in [3.63, 3.8) is 0 Å². The molecule has 4 aliphatic rings. The fourth-order valence-electron chi connectivity index (χ4n) is 6.72. The highest BCUT2D eigenvalue weighted by atomic mass is 19.1. The number of benzene rings is 1. The molecule has 4 heterocycles. The Kier molecular flexibility index (Phi) is 11.4. The third kappa shape index (κ3) is 8.75. The van der Waals surface area contributed by atoms with Gasteiger partial charge in [-0.15, -0.1) is 0 Å². The van der Waals surface area contributed by atoms with Gasteiger partial charge >= 0.3 is 5.97 Å². The summed E-state index contributed by atoms with van der Waals surface area (Å²) >= 11 is 0. The average Bonchev–Trinajstić information content (AvgIpc) is 2.99. The summed E-state index contributed by atoms with van der Waals surface area (Å²) < 4.78 is 30.4. The maximum absolute atomic E-state index is 13.6. The van der Waals surface area contributed by atoms with Gasteiger partial charge in [-0.1, -0.05) is 18.2 Å². The summed E-state index contributed by atoms with van der Waals surface area (Å²) in [6, 6.07) is 9.45. The van der Waals surface area contributed by atoms with Crippen LogP contribution in [0.15, 0.2) is 36.4 Å². The molecular weight excluding hydrogens is 549 g/mol. The third-order valence-corrected chi connectivity index (χ3v) is 9.54. The number of aliphatic carboxylic acids is 1. The van der Waals surface area contributed by atoms with Gasteiger partial charge in [0.25, 0.3) is 0 Å². The molecule has 1 aromatic carbocycles. The van der Waals surface area contributed by atoms with Crippen LogP contribution in [-0.4, -0.2) is 79.7 Å². The van der Waals surface area contributed by atoms with Crippen LogP contribution in [0.1, 0.15) is 80.7 Å². The number of unbranched alkanes of at least 4 members (excludes halogenated alkanes) is 1. The van der Waals surface area contributed by atoms with Gasteiger partial charge in [-0.25, -0.2) is 9.37 Å². The first-order valence-corrected chi connectivity index (χ1v) is 16.1. The number of halogens is 1. The second-order valence-electron chi connectivity index (χ2n) is 12.6. The van der Waals surface area contributed by atoms with Crippen LogP contribution in [0.2, 0.25) is 0 Å². The molecule has 6 rings (SSSR count). The van der Waals surface area contributed by atoms with Crippen molar-refractivity contribution in [3.05, 3.63) is 59.0 Å². The molecule has 0 amide bonds. The largest absolute Gasteiger partial charge is 0.480 e. The SMILES string of the molecule is C1COCC2(C1)CCOCC2.CN(C1CC(OCCCCc2ccc3c(n2)NCCC3)C1)C(C(=O)O)c1cccc(F)c1. The fraction of sp³-hybridized carbons (Fsp3) is 0.647. The summed E-state index contributed by atoms with van der Waals surface area (Å²) in [6.45, 7) is 5.56. The van der Waals surface area contributed by atoms with Crippen LogP contribution in [0.3, 0.4) is 0 Å². The molecule has 236 valence electrons. The minimum Gasteiger partial charge on any atom is -0.480 e. The van der Waals surface area contributed by atoms with Gasteiger partial charge in [0.05, 0.1) is 12.7 Å². The Hall–Kier alpha value is -2.59. The van der Waals surface area contributed by atoms with Gasteiger partial charge < -0.3 is 24.6 Å². The first-order chi connectivity index (χ1) is 20.9. The molecule has 2 saturated heterocycles. The summed E-state index contributed by atoms with van der Waals surface area (Å²) in [4.78, 5) is 18.4. The maximum atomic E-state index is 13.6. The lowest BCUT2D eigenvalue weighted by Gasteiger charge is -2.43. The smallest absolute Gasteiger partial charge is 0.325 e. The molecule has 9 heteroatoms. The second-order valence-corrected chi connectivity index (χ2v) is 12.6. The zero-order valence-corrected chi connectivity index (χ0v) is 25.6. The zero-order valence-electron chi connectivity index (χ0n) is 25.6. The highest BCUT2D eigenvalue weighted by Gasteiger charge is 2.38. The highest BCUT2D eigenvalue weighted by molar-refractivity contribution is 5.75.